The first-order valence-electron chi connectivity index (χ1n) is 20.8. The minimum Gasteiger partial charge on any atom is -0.209 e. The summed E-state index contributed by atoms with van der Waals surface area (Å²) in [5.41, 5.74) is 12.7. The maximum atomic E-state index is 5.18. The molecule has 0 aliphatic heterocycles. The number of nitrogens with zero attached hydrogens (tertiary/aromatic N) is 6. The summed E-state index contributed by atoms with van der Waals surface area (Å²) in [5.74, 6) is 4.18. The van der Waals surface area contributed by atoms with Crippen molar-refractivity contribution in [1.82, 2.24) is 29.9 Å². The van der Waals surface area contributed by atoms with Crippen molar-refractivity contribution in [2.45, 2.75) is 27.2 Å². The topological polar surface area (TPSA) is 77.3 Å². The van der Waals surface area contributed by atoms with Crippen LogP contribution in [0, 0.1) is 19.8 Å². The zero-order chi connectivity index (χ0) is 41.3. The zero-order valence-electron chi connectivity index (χ0n) is 34.3. The SMILES string of the molecule is Cc1ccccc1-c1nc(C2=CC(c3cccc4cccc(-c5cccc(-c6nc(-c7ccccc7)nc(-c7ccccc7C)n6)c5)c34)=CCC2C)nc(-c2ccccc2)n1. The minimum atomic E-state index is 0.205. The van der Waals surface area contributed by atoms with E-state index in [1.54, 1.807) is 0 Å². The molecule has 6 nitrogen and oxygen atoms in total. The standard InChI is InChI=1S/C55H42N6/c1-35-17-10-12-27-44(35)53-57-50(39-19-6-4-7-20-39)56-52(60-53)43-26-14-25-41(33-43)46-29-15-23-38-24-16-30-47(49(38)46)42-32-31-37(3)48(34-42)55-59-51(40-21-8-5-9-22-40)58-54(61-55)45-28-13-11-18-36(45)2/h4-30,32-34,37H,31H2,1-3H3. The first-order chi connectivity index (χ1) is 30.0. The summed E-state index contributed by atoms with van der Waals surface area (Å²) in [6.45, 7) is 6.45. The van der Waals surface area contributed by atoms with E-state index in [0.29, 0.717) is 34.9 Å². The number of rotatable bonds is 8. The van der Waals surface area contributed by atoms with Crippen LogP contribution in [-0.4, -0.2) is 29.9 Å². The highest BCUT2D eigenvalue weighted by molar-refractivity contribution is 6.06. The maximum Gasteiger partial charge on any atom is 0.164 e. The highest BCUT2D eigenvalue weighted by Gasteiger charge is 2.23. The normalized spacial score (nSPS) is 13.8. The van der Waals surface area contributed by atoms with Crippen molar-refractivity contribution in [3.05, 3.63) is 205 Å². The van der Waals surface area contributed by atoms with Gasteiger partial charge in [0, 0.05) is 33.4 Å². The summed E-state index contributed by atoms with van der Waals surface area (Å²) in [6.07, 6.45) is 5.51. The Morgan fingerprint density at radius 3 is 1.44 bits per heavy atom. The molecule has 10 rings (SSSR count). The third-order valence-corrected chi connectivity index (χ3v) is 11.5. The number of hydrogen-bond donors (Lipinski definition) is 0. The second-order valence-corrected chi connectivity index (χ2v) is 15.7. The lowest BCUT2D eigenvalue weighted by atomic mass is 9.84. The van der Waals surface area contributed by atoms with E-state index in [1.807, 2.05) is 72.8 Å². The molecule has 0 amide bonds. The maximum absolute atomic E-state index is 5.18. The van der Waals surface area contributed by atoms with Crippen LogP contribution in [-0.2, 0) is 0 Å². The molecule has 7 aromatic carbocycles. The Morgan fingerprint density at radius 2 is 0.836 bits per heavy atom. The van der Waals surface area contributed by atoms with E-state index in [-0.39, 0.29) is 5.92 Å². The molecule has 0 radical (unpaired) electrons. The second-order valence-electron chi connectivity index (χ2n) is 15.7. The number of aromatic nitrogens is 6. The molecule has 1 aliphatic carbocycles. The molecule has 9 aromatic rings. The van der Waals surface area contributed by atoms with Crippen LogP contribution < -0.4 is 0 Å². The number of allylic oxidation sites excluding steroid dienone is 4. The first-order valence-corrected chi connectivity index (χ1v) is 20.8. The molecule has 1 unspecified atom stereocenters. The van der Waals surface area contributed by atoms with E-state index in [2.05, 4.69) is 130 Å². The lowest BCUT2D eigenvalue weighted by Crippen LogP contribution is -2.10. The third kappa shape index (κ3) is 7.45. The fourth-order valence-electron chi connectivity index (χ4n) is 8.25. The van der Waals surface area contributed by atoms with Gasteiger partial charge < -0.3 is 0 Å². The molecule has 0 saturated carbocycles. The fourth-order valence-corrected chi connectivity index (χ4v) is 8.25. The molecular formula is C55H42N6. The molecule has 1 aliphatic rings. The van der Waals surface area contributed by atoms with Gasteiger partial charge in [-0.25, -0.2) is 29.9 Å². The number of aryl methyl sites for hydroxylation is 2. The van der Waals surface area contributed by atoms with Crippen molar-refractivity contribution in [3.8, 4) is 68.1 Å². The minimum absolute atomic E-state index is 0.205. The van der Waals surface area contributed by atoms with Crippen LogP contribution in [0.1, 0.15) is 35.9 Å². The average molecular weight is 787 g/mol. The Hall–Kier alpha value is -7.70. The van der Waals surface area contributed by atoms with Gasteiger partial charge in [0.05, 0.1) is 0 Å². The molecule has 0 N–H and O–H groups in total. The number of benzene rings is 7. The Morgan fingerprint density at radius 1 is 0.393 bits per heavy atom. The summed E-state index contributed by atoms with van der Waals surface area (Å²) in [4.78, 5) is 30.5. The van der Waals surface area contributed by atoms with Gasteiger partial charge in [-0.15, -0.1) is 0 Å². The van der Waals surface area contributed by atoms with Gasteiger partial charge in [-0.2, -0.15) is 0 Å². The summed E-state index contributed by atoms with van der Waals surface area (Å²) in [7, 11) is 0. The fraction of sp³-hybridized carbons (Fsp3) is 0.0909. The van der Waals surface area contributed by atoms with Gasteiger partial charge >= 0.3 is 0 Å². The predicted molar refractivity (Wildman–Crippen MR) is 249 cm³/mol. The van der Waals surface area contributed by atoms with Crippen molar-refractivity contribution < 1.29 is 0 Å². The van der Waals surface area contributed by atoms with Crippen LogP contribution in [0.2, 0.25) is 0 Å². The van der Waals surface area contributed by atoms with Gasteiger partial charge in [0.15, 0.2) is 34.9 Å². The molecule has 0 fully saturated rings. The van der Waals surface area contributed by atoms with Crippen LogP contribution in [0.4, 0.5) is 0 Å². The molecule has 6 heteroatoms. The van der Waals surface area contributed by atoms with Gasteiger partial charge in [-0.05, 0) is 82.5 Å². The Labute approximate surface area is 356 Å². The second kappa shape index (κ2) is 16.2. The van der Waals surface area contributed by atoms with Crippen molar-refractivity contribution in [1.29, 1.82) is 0 Å². The lowest BCUT2D eigenvalue weighted by molar-refractivity contribution is 0.749. The largest absolute Gasteiger partial charge is 0.209 e. The van der Waals surface area contributed by atoms with E-state index in [9.17, 15) is 0 Å². The molecule has 0 saturated heterocycles. The third-order valence-electron chi connectivity index (χ3n) is 11.5. The lowest BCUT2D eigenvalue weighted by Gasteiger charge is -2.22. The average Bonchev–Trinajstić information content (AvgIpc) is 3.32. The first kappa shape index (κ1) is 37.6. The van der Waals surface area contributed by atoms with Crippen LogP contribution >= 0.6 is 0 Å². The van der Waals surface area contributed by atoms with E-state index in [1.165, 1.54) is 5.39 Å². The van der Waals surface area contributed by atoms with Gasteiger partial charge in [0.25, 0.3) is 0 Å². The molecule has 0 bridgehead atoms. The summed E-state index contributed by atoms with van der Waals surface area (Å²) in [6, 6.07) is 58.5. The van der Waals surface area contributed by atoms with E-state index in [0.717, 1.165) is 78.6 Å². The van der Waals surface area contributed by atoms with Gasteiger partial charge in [-0.3, -0.25) is 0 Å². The van der Waals surface area contributed by atoms with Crippen molar-refractivity contribution in [2.24, 2.45) is 5.92 Å². The molecular weight excluding hydrogens is 745 g/mol. The molecule has 0 spiro atoms. The van der Waals surface area contributed by atoms with Gasteiger partial charge in [0.2, 0.25) is 0 Å². The van der Waals surface area contributed by atoms with Crippen molar-refractivity contribution >= 4 is 21.9 Å². The Balaban J connectivity index is 1.09. The molecule has 2 aromatic heterocycles. The number of fused-ring (bicyclic) bond motifs is 1. The zero-order valence-corrected chi connectivity index (χ0v) is 34.3. The van der Waals surface area contributed by atoms with Crippen molar-refractivity contribution in [3.63, 3.8) is 0 Å². The van der Waals surface area contributed by atoms with E-state index < -0.39 is 0 Å². The van der Waals surface area contributed by atoms with Gasteiger partial charge in [-0.1, -0.05) is 177 Å². The summed E-state index contributed by atoms with van der Waals surface area (Å²) >= 11 is 0. The highest BCUT2D eigenvalue weighted by atomic mass is 15.0. The summed E-state index contributed by atoms with van der Waals surface area (Å²) in [5, 5.41) is 2.34. The quantitative estimate of drug-likeness (QED) is 0.153. The predicted octanol–water partition coefficient (Wildman–Crippen LogP) is 13.3. The number of hydrogen-bond acceptors (Lipinski definition) is 6. The smallest absolute Gasteiger partial charge is 0.164 e. The molecule has 61 heavy (non-hydrogen) atoms. The molecule has 292 valence electrons. The van der Waals surface area contributed by atoms with Crippen molar-refractivity contribution in [2.75, 3.05) is 0 Å². The molecule has 1 atom stereocenters. The van der Waals surface area contributed by atoms with Crippen LogP contribution in [0.5, 0.6) is 0 Å². The van der Waals surface area contributed by atoms with E-state index >= 15 is 0 Å². The van der Waals surface area contributed by atoms with Crippen LogP contribution in [0.15, 0.2) is 182 Å². The van der Waals surface area contributed by atoms with Crippen LogP contribution in [0.25, 0.3) is 90.0 Å². The summed E-state index contributed by atoms with van der Waals surface area (Å²) < 4.78 is 0. The van der Waals surface area contributed by atoms with E-state index in [4.69, 9.17) is 29.9 Å². The Kier molecular flexibility index (Phi) is 9.95. The van der Waals surface area contributed by atoms with Gasteiger partial charge in [0.1, 0.15) is 0 Å². The van der Waals surface area contributed by atoms with Crippen LogP contribution in [0.3, 0.4) is 0 Å². The monoisotopic (exact) mass is 786 g/mol. The Bertz CT molecular complexity index is 3150. The molecule has 2 heterocycles. The highest BCUT2D eigenvalue weighted by Crippen LogP contribution is 2.41.